The van der Waals surface area contributed by atoms with E-state index >= 15 is 4.39 Å². The molecule has 0 atom stereocenters. The lowest BCUT2D eigenvalue weighted by Crippen LogP contribution is -2.55. The molecule has 0 bridgehead atoms. The summed E-state index contributed by atoms with van der Waals surface area (Å²) in [6.07, 6.45) is -2.98. The van der Waals surface area contributed by atoms with E-state index in [4.69, 9.17) is 4.42 Å². The van der Waals surface area contributed by atoms with Gasteiger partial charge < -0.3 is 9.32 Å². The maximum atomic E-state index is 15.2. The van der Waals surface area contributed by atoms with Gasteiger partial charge in [-0.25, -0.2) is 26.4 Å². The molecule has 0 radical (unpaired) electrons. The highest BCUT2D eigenvalue weighted by molar-refractivity contribution is 7.91. The molecule has 2 aliphatic heterocycles. The van der Waals surface area contributed by atoms with Gasteiger partial charge in [0.1, 0.15) is 5.82 Å². The lowest BCUT2D eigenvalue weighted by Gasteiger charge is -2.38. The number of sulfone groups is 1. The highest BCUT2D eigenvalue weighted by Crippen LogP contribution is 2.30. The van der Waals surface area contributed by atoms with Crippen LogP contribution in [0.15, 0.2) is 46.9 Å². The number of halogens is 5. The van der Waals surface area contributed by atoms with Gasteiger partial charge in [0.05, 0.1) is 31.1 Å². The predicted molar refractivity (Wildman–Crippen MR) is 133 cm³/mol. The number of carbonyl (C=O) groups is 1. The number of aromatic nitrogens is 2. The summed E-state index contributed by atoms with van der Waals surface area (Å²) in [6.45, 7) is -0.655. The first-order valence-corrected chi connectivity index (χ1v) is 14.1. The lowest BCUT2D eigenvalue weighted by atomic mass is 10.1. The molecule has 40 heavy (non-hydrogen) atoms. The summed E-state index contributed by atoms with van der Waals surface area (Å²) in [6, 6.07) is 9.84. The smallest absolute Gasteiger partial charge is 0.324 e. The molecule has 2 aromatic carbocycles. The molecule has 15 heteroatoms. The van der Waals surface area contributed by atoms with E-state index in [0.29, 0.717) is 12.2 Å². The Morgan fingerprint density at radius 1 is 1.05 bits per heavy atom. The molecule has 5 rings (SSSR count). The first kappa shape index (κ1) is 28.0. The van der Waals surface area contributed by atoms with Crippen LogP contribution in [0.4, 0.5) is 32.4 Å². The monoisotopic (exact) mass is 585 g/mol. The maximum Gasteiger partial charge on any atom is 0.324 e. The minimum atomic E-state index is -3.26. The fourth-order valence-corrected chi connectivity index (χ4v) is 5.72. The van der Waals surface area contributed by atoms with Gasteiger partial charge in [0.15, 0.2) is 9.84 Å². The number of anilines is 1. The van der Waals surface area contributed by atoms with Crippen LogP contribution in [-0.2, 0) is 22.9 Å². The third-order valence-electron chi connectivity index (χ3n) is 6.67. The molecule has 0 unspecified atom stereocenters. The van der Waals surface area contributed by atoms with Gasteiger partial charge in [-0.15, -0.1) is 10.2 Å². The van der Waals surface area contributed by atoms with Gasteiger partial charge in [0, 0.05) is 36.4 Å². The Labute approximate surface area is 226 Å². The molecule has 0 saturated carbocycles. The van der Waals surface area contributed by atoms with E-state index in [-0.39, 0.29) is 61.2 Å². The average molecular weight is 586 g/mol. The third kappa shape index (κ3) is 6.25. The SMILES string of the molecule is O=C(N1CCS(=O)(=O)CC1)N(Cc1ccc(-c2nnc(C(F)F)o2)cc1F)c1ccc(CN2CC(F)(F)C2)cc1. The van der Waals surface area contributed by atoms with Crippen molar-refractivity contribution in [1.29, 1.82) is 0 Å². The predicted octanol–water partition coefficient (Wildman–Crippen LogP) is 4.12. The second-order valence-corrected chi connectivity index (χ2v) is 12.0. The zero-order valence-electron chi connectivity index (χ0n) is 20.9. The maximum absolute atomic E-state index is 15.2. The third-order valence-corrected chi connectivity index (χ3v) is 8.27. The number of likely N-dealkylation sites (tertiary alicyclic amines) is 1. The first-order chi connectivity index (χ1) is 18.9. The molecule has 0 aliphatic carbocycles. The van der Waals surface area contributed by atoms with Crippen molar-refractivity contribution >= 4 is 21.6 Å². The molecule has 0 N–H and O–H groups in total. The molecule has 2 fully saturated rings. The van der Waals surface area contributed by atoms with Crippen LogP contribution in [0, 0.1) is 5.82 Å². The standard InChI is InChI=1S/C25H24F5N5O4S/c26-20-11-17(22-31-32-23(39-22)21(27)28)3-4-18(20)13-35(24(36)34-7-9-40(37,38)10-8-34)19-5-1-16(2-6-19)12-33-14-25(29,30)15-33/h1-6,11,21H,7-10,12-15H2. The number of urea groups is 1. The molecule has 2 amide bonds. The van der Waals surface area contributed by atoms with Crippen molar-refractivity contribution in [3.63, 3.8) is 0 Å². The summed E-state index contributed by atoms with van der Waals surface area (Å²) in [5, 5.41) is 6.73. The van der Waals surface area contributed by atoms with Crippen LogP contribution in [-0.4, -0.2) is 78.1 Å². The summed E-state index contributed by atoms with van der Waals surface area (Å²) in [4.78, 5) is 17.7. The van der Waals surface area contributed by atoms with Gasteiger partial charge in [0.2, 0.25) is 5.89 Å². The molecule has 3 aromatic rings. The fourth-order valence-electron chi connectivity index (χ4n) is 4.52. The number of alkyl halides is 4. The average Bonchev–Trinajstić information content (AvgIpc) is 3.38. The van der Waals surface area contributed by atoms with Crippen molar-refractivity contribution in [2.75, 3.05) is 42.6 Å². The van der Waals surface area contributed by atoms with Crippen molar-refractivity contribution in [3.8, 4) is 11.5 Å². The van der Waals surface area contributed by atoms with E-state index in [1.165, 1.54) is 21.9 Å². The highest BCUT2D eigenvalue weighted by Gasteiger charge is 2.43. The normalized spacial score (nSPS) is 18.5. The van der Waals surface area contributed by atoms with Crippen molar-refractivity contribution in [2.24, 2.45) is 0 Å². The molecular formula is C25H24F5N5O4S. The summed E-state index contributed by atoms with van der Waals surface area (Å²) >= 11 is 0. The number of rotatable bonds is 7. The molecule has 2 saturated heterocycles. The van der Waals surface area contributed by atoms with Crippen molar-refractivity contribution in [3.05, 3.63) is 65.3 Å². The second-order valence-electron chi connectivity index (χ2n) is 9.73. The van der Waals surface area contributed by atoms with Crippen LogP contribution in [0.3, 0.4) is 0 Å². The fraction of sp³-hybridized carbons (Fsp3) is 0.400. The first-order valence-electron chi connectivity index (χ1n) is 12.3. The van der Waals surface area contributed by atoms with Crippen molar-refractivity contribution in [1.82, 2.24) is 20.0 Å². The Morgan fingerprint density at radius 2 is 1.73 bits per heavy atom. The van der Waals surface area contributed by atoms with Gasteiger partial charge in [-0.1, -0.05) is 18.2 Å². The molecule has 0 spiro atoms. The number of nitrogens with zero attached hydrogens (tertiary/aromatic N) is 5. The number of carbonyl (C=O) groups excluding carboxylic acids is 1. The van der Waals surface area contributed by atoms with Crippen molar-refractivity contribution in [2.45, 2.75) is 25.4 Å². The van der Waals surface area contributed by atoms with E-state index < -0.39 is 39.9 Å². The van der Waals surface area contributed by atoms with E-state index in [1.807, 2.05) is 0 Å². The molecule has 1 aromatic heterocycles. The van der Waals surface area contributed by atoms with E-state index in [0.717, 1.165) is 11.6 Å². The molecular weight excluding hydrogens is 561 g/mol. The Balaban J connectivity index is 1.37. The van der Waals surface area contributed by atoms with Gasteiger partial charge in [-0.05, 0) is 29.8 Å². The Morgan fingerprint density at radius 3 is 2.30 bits per heavy atom. The molecule has 3 heterocycles. The highest BCUT2D eigenvalue weighted by atomic mass is 32.2. The van der Waals surface area contributed by atoms with Crippen LogP contribution in [0.5, 0.6) is 0 Å². The largest absolute Gasteiger partial charge is 0.415 e. The zero-order valence-corrected chi connectivity index (χ0v) is 21.8. The quantitative estimate of drug-likeness (QED) is 0.385. The van der Waals surface area contributed by atoms with Crippen LogP contribution in [0.25, 0.3) is 11.5 Å². The van der Waals surface area contributed by atoms with Crippen LogP contribution in [0.2, 0.25) is 0 Å². The molecule has 214 valence electrons. The zero-order chi connectivity index (χ0) is 28.7. The number of hydrogen-bond acceptors (Lipinski definition) is 7. The Bertz CT molecular complexity index is 1480. The Hall–Kier alpha value is -3.59. The van der Waals surface area contributed by atoms with Crippen LogP contribution in [0.1, 0.15) is 23.4 Å². The Kier molecular flexibility index (Phi) is 7.52. The van der Waals surface area contributed by atoms with E-state index in [2.05, 4.69) is 10.2 Å². The van der Waals surface area contributed by atoms with Gasteiger partial charge in [-0.2, -0.15) is 8.78 Å². The summed E-state index contributed by atoms with van der Waals surface area (Å²) in [5.41, 5.74) is 1.29. The van der Waals surface area contributed by atoms with Gasteiger partial charge in [0.25, 0.3) is 11.8 Å². The summed E-state index contributed by atoms with van der Waals surface area (Å²) < 4.78 is 95.7. The minimum absolute atomic E-state index is 0.0238. The summed E-state index contributed by atoms with van der Waals surface area (Å²) in [7, 11) is -3.26. The summed E-state index contributed by atoms with van der Waals surface area (Å²) in [5.74, 6) is -5.03. The van der Waals surface area contributed by atoms with Gasteiger partial charge in [-0.3, -0.25) is 9.80 Å². The van der Waals surface area contributed by atoms with E-state index in [9.17, 15) is 30.8 Å². The van der Waals surface area contributed by atoms with Crippen LogP contribution >= 0.6 is 0 Å². The number of hydrogen-bond donors (Lipinski definition) is 0. The number of amides is 2. The van der Waals surface area contributed by atoms with Crippen molar-refractivity contribution < 1.29 is 39.6 Å². The number of benzene rings is 2. The minimum Gasteiger partial charge on any atom is -0.415 e. The molecule has 2 aliphatic rings. The van der Waals surface area contributed by atoms with Crippen LogP contribution < -0.4 is 4.90 Å². The topological polar surface area (TPSA) is 99.9 Å². The van der Waals surface area contributed by atoms with Gasteiger partial charge >= 0.3 is 12.5 Å². The lowest BCUT2D eigenvalue weighted by molar-refractivity contribution is -0.133. The van der Waals surface area contributed by atoms with E-state index in [1.54, 1.807) is 29.2 Å². The molecule has 9 nitrogen and oxygen atoms in total. The second kappa shape index (κ2) is 10.8.